The standard InChI is InChI=1S/C7H12N2O.BF4/c1-9-5-4-8-7(9)3-2-6-10;2-1(3,4)5/h4-5,10H,2-3,6H2,1H3;/q;-1/p+1. The first-order valence-electron chi connectivity index (χ1n) is 4.34. The van der Waals surface area contributed by atoms with E-state index in [-0.39, 0.29) is 6.61 Å². The lowest BCUT2D eigenvalue weighted by Crippen LogP contribution is -2.30. The largest absolute Gasteiger partial charge is 0.673 e. The van der Waals surface area contributed by atoms with Crippen LogP contribution in [0.2, 0.25) is 0 Å². The number of aromatic amines is 1. The highest BCUT2D eigenvalue weighted by molar-refractivity contribution is 6.50. The Morgan fingerprint density at radius 1 is 1.40 bits per heavy atom. The van der Waals surface area contributed by atoms with E-state index in [1.54, 1.807) is 0 Å². The Bertz CT molecular complexity index is 270. The zero-order valence-corrected chi connectivity index (χ0v) is 8.26. The maximum atomic E-state index is 9.75. The third-order valence-electron chi connectivity index (χ3n) is 1.55. The molecule has 0 aliphatic heterocycles. The lowest BCUT2D eigenvalue weighted by molar-refractivity contribution is -0.677. The third kappa shape index (κ3) is 9.26. The van der Waals surface area contributed by atoms with E-state index in [4.69, 9.17) is 5.11 Å². The molecule has 0 spiro atoms. The minimum atomic E-state index is -6.00. The minimum absolute atomic E-state index is 0.263. The second kappa shape index (κ2) is 6.44. The molecule has 2 N–H and O–H groups in total. The quantitative estimate of drug-likeness (QED) is 0.453. The molecular weight excluding hydrogens is 215 g/mol. The smallest absolute Gasteiger partial charge is 0.418 e. The summed E-state index contributed by atoms with van der Waals surface area (Å²) in [6, 6.07) is 0. The van der Waals surface area contributed by atoms with Crippen molar-refractivity contribution in [1.29, 1.82) is 0 Å². The van der Waals surface area contributed by atoms with Crippen molar-refractivity contribution in [3.05, 3.63) is 18.2 Å². The van der Waals surface area contributed by atoms with Crippen LogP contribution in [0.4, 0.5) is 17.3 Å². The molecule has 0 saturated carbocycles. The molecule has 3 nitrogen and oxygen atoms in total. The molecule has 0 aromatic carbocycles. The molecule has 0 atom stereocenters. The van der Waals surface area contributed by atoms with Crippen LogP contribution < -0.4 is 4.57 Å². The number of aromatic nitrogens is 2. The Morgan fingerprint density at radius 3 is 2.27 bits per heavy atom. The van der Waals surface area contributed by atoms with Crippen LogP contribution in [0.1, 0.15) is 12.2 Å². The molecule has 0 unspecified atom stereocenters. The van der Waals surface area contributed by atoms with Crippen molar-refractivity contribution in [2.45, 2.75) is 12.8 Å². The molecule has 1 aromatic heterocycles. The van der Waals surface area contributed by atoms with Gasteiger partial charge in [0.15, 0.2) is 0 Å². The first kappa shape index (κ1) is 14.0. The number of rotatable bonds is 3. The number of H-pyrrole nitrogens is 1. The van der Waals surface area contributed by atoms with E-state index in [2.05, 4.69) is 4.98 Å². The first-order valence-corrected chi connectivity index (χ1v) is 4.34. The van der Waals surface area contributed by atoms with Crippen molar-refractivity contribution in [2.24, 2.45) is 7.05 Å². The Kier molecular flexibility index (Phi) is 5.99. The highest BCUT2D eigenvalue weighted by Crippen LogP contribution is 2.06. The number of nitrogens with one attached hydrogen (secondary N) is 1. The Hall–Kier alpha value is -1.05. The van der Waals surface area contributed by atoms with Crippen molar-refractivity contribution in [3.8, 4) is 0 Å². The number of aliphatic hydroxyl groups excluding tert-OH is 1. The van der Waals surface area contributed by atoms with Gasteiger partial charge in [-0.3, -0.25) is 0 Å². The lowest BCUT2D eigenvalue weighted by atomic mass is 10.3. The number of aryl methyl sites for hydroxylation is 2. The normalized spacial score (nSPS) is 10.8. The summed E-state index contributed by atoms with van der Waals surface area (Å²) in [5.74, 6) is 1.16. The van der Waals surface area contributed by atoms with Crippen LogP contribution in [0.5, 0.6) is 0 Å². The van der Waals surface area contributed by atoms with E-state index < -0.39 is 7.25 Å². The Labute approximate surface area is 84.8 Å². The maximum Gasteiger partial charge on any atom is 0.673 e. The highest BCUT2D eigenvalue weighted by Gasteiger charge is 2.20. The van der Waals surface area contributed by atoms with Crippen LogP contribution >= 0.6 is 0 Å². The fourth-order valence-corrected chi connectivity index (χ4v) is 0.932. The van der Waals surface area contributed by atoms with Gasteiger partial charge in [0.1, 0.15) is 12.4 Å². The molecule has 1 heterocycles. The van der Waals surface area contributed by atoms with E-state index >= 15 is 0 Å². The molecule has 0 amide bonds. The molecule has 8 heteroatoms. The van der Waals surface area contributed by atoms with Crippen molar-refractivity contribution in [3.63, 3.8) is 0 Å². The molecular formula is C7H13BF4N2O. The molecule has 0 radical (unpaired) electrons. The van der Waals surface area contributed by atoms with Gasteiger partial charge < -0.3 is 22.4 Å². The van der Waals surface area contributed by atoms with Crippen LogP contribution in [0.15, 0.2) is 12.4 Å². The van der Waals surface area contributed by atoms with E-state index in [0.29, 0.717) is 0 Å². The first-order chi connectivity index (χ1) is 6.84. The van der Waals surface area contributed by atoms with Crippen molar-refractivity contribution < 1.29 is 26.9 Å². The van der Waals surface area contributed by atoms with E-state index in [1.807, 2.05) is 24.0 Å². The van der Waals surface area contributed by atoms with Crippen molar-refractivity contribution in [1.82, 2.24) is 4.98 Å². The predicted molar refractivity (Wildman–Crippen MR) is 47.6 cm³/mol. The molecule has 1 rings (SSSR count). The predicted octanol–water partition coefficient (Wildman–Crippen LogP) is 1.06. The van der Waals surface area contributed by atoms with Gasteiger partial charge >= 0.3 is 7.25 Å². The van der Waals surface area contributed by atoms with Crippen LogP contribution in [-0.4, -0.2) is 24.0 Å². The molecule has 15 heavy (non-hydrogen) atoms. The average Bonchev–Trinajstić information content (AvgIpc) is 2.45. The summed E-state index contributed by atoms with van der Waals surface area (Å²) in [7, 11) is -4.01. The van der Waals surface area contributed by atoms with Crippen molar-refractivity contribution >= 4 is 7.25 Å². The number of aliphatic hydroxyl groups is 1. The summed E-state index contributed by atoms with van der Waals surface area (Å²) >= 11 is 0. The Morgan fingerprint density at radius 2 is 1.93 bits per heavy atom. The van der Waals surface area contributed by atoms with E-state index in [1.165, 1.54) is 0 Å². The van der Waals surface area contributed by atoms with Gasteiger partial charge in [0, 0.05) is 6.61 Å². The summed E-state index contributed by atoms with van der Waals surface area (Å²) in [5, 5.41) is 8.53. The topological polar surface area (TPSA) is 39.9 Å². The SMILES string of the molecule is C[n+]1cc[nH]c1CCCO.F[B-](F)(F)F. The van der Waals surface area contributed by atoms with Gasteiger partial charge in [-0.1, -0.05) is 0 Å². The zero-order valence-electron chi connectivity index (χ0n) is 8.26. The Balaban J connectivity index is 0.000000336. The fourth-order valence-electron chi connectivity index (χ4n) is 0.932. The van der Waals surface area contributed by atoms with Crippen LogP contribution in [0, 0.1) is 0 Å². The second-order valence-corrected chi connectivity index (χ2v) is 2.84. The van der Waals surface area contributed by atoms with Gasteiger partial charge in [-0.05, 0) is 6.42 Å². The molecule has 1 aromatic rings. The van der Waals surface area contributed by atoms with Gasteiger partial charge in [-0.25, -0.2) is 9.55 Å². The summed E-state index contributed by atoms with van der Waals surface area (Å²) in [6.45, 7) is 0.263. The molecule has 0 aliphatic rings. The fraction of sp³-hybridized carbons (Fsp3) is 0.571. The van der Waals surface area contributed by atoms with E-state index in [0.717, 1.165) is 18.7 Å². The van der Waals surface area contributed by atoms with Gasteiger partial charge in [0.05, 0.1) is 13.5 Å². The number of nitrogens with zero attached hydrogens (tertiary/aromatic N) is 1. The summed E-state index contributed by atoms with van der Waals surface area (Å²) in [6.07, 6.45) is 5.60. The molecule has 0 saturated heterocycles. The van der Waals surface area contributed by atoms with Crippen molar-refractivity contribution in [2.75, 3.05) is 6.61 Å². The molecule has 0 fully saturated rings. The molecule has 0 bridgehead atoms. The number of hydrogen-bond acceptors (Lipinski definition) is 1. The van der Waals surface area contributed by atoms with Crippen LogP contribution in [-0.2, 0) is 13.5 Å². The molecule has 0 aliphatic carbocycles. The summed E-state index contributed by atoms with van der Waals surface area (Å²) in [5.41, 5.74) is 0. The second-order valence-electron chi connectivity index (χ2n) is 2.84. The van der Waals surface area contributed by atoms with Gasteiger partial charge in [-0.2, -0.15) is 0 Å². The third-order valence-corrected chi connectivity index (χ3v) is 1.55. The summed E-state index contributed by atoms with van der Waals surface area (Å²) < 4.78 is 41.0. The number of imidazole rings is 1. The molecule has 88 valence electrons. The number of halogens is 4. The monoisotopic (exact) mass is 228 g/mol. The van der Waals surface area contributed by atoms with Gasteiger partial charge in [0.25, 0.3) is 5.82 Å². The number of hydrogen-bond donors (Lipinski definition) is 2. The highest BCUT2D eigenvalue weighted by atomic mass is 19.5. The van der Waals surface area contributed by atoms with Gasteiger partial charge in [0.2, 0.25) is 0 Å². The average molecular weight is 228 g/mol. The van der Waals surface area contributed by atoms with Crippen LogP contribution in [0.3, 0.4) is 0 Å². The summed E-state index contributed by atoms with van der Waals surface area (Å²) in [4.78, 5) is 3.09. The van der Waals surface area contributed by atoms with Gasteiger partial charge in [-0.15, -0.1) is 0 Å². The van der Waals surface area contributed by atoms with E-state index in [9.17, 15) is 17.3 Å². The minimum Gasteiger partial charge on any atom is -0.418 e. The maximum absolute atomic E-state index is 9.75. The zero-order chi connectivity index (χ0) is 11.9. The lowest BCUT2D eigenvalue weighted by Gasteiger charge is -1.94. The van der Waals surface area contributed by atoms with Crippen LogP contribution in [0.25, 0.3) is 0 Å².